The third kappa shape index (κ3) is 2.85. The normalized spacial score (nSPS) is 19.4. The molecule has 0 radical (unpaired) electrons. The van der Waals surface area contributed by atoms with Crippen molar-refractivity contribution in [2.75, 3.05) is 13.1 Å². The van der Waals surface area contributed by atoms with Gasteiger partial charge in [0.2, 0.25) is 0 Å². The second-order valence-corrected chi connectivity index (χ2v) is 6.01. The Morgan fingerprint density at radius 3 is 3.00 bits per heavy atom. The van der Waals surface area contributed by atoms with E-state index in [1.807, 2.05) is 14.0 Å². The summed E-state index contributed by atoms with van der Waals surface area (Å²) in [5.41, 5.74) is 0. The lowest BCUT2D eigenvalue weighted by Crippen LogP contribution is -2.29. The minimum absolute atomic E-state index is 0.473. The van der Waals surface area contributed by atoms with Gasteiger partial charge in [-0.1, -0.05) is 11.8 Å². The Morgan fingerprint density at radius 2 is 2.30 bits per heavy atom. The van der Waals surface area contributed by atoms with E-state index in [-0.39, 0.29) is 0 Å². The van der Waals surface area contributed by atoms with Crippen LogP contribution in [-0.4, -0.2) is 43.0 Å². The van der Waals surface area contributed by atoms with E-state index >= 15 is 0 Å². The number of aromatic nitrogens is 6. The number of rotatable bonds is 4. The van der Waals surface area contributed by atoms with E-state index < -0.39 is 0 Å². The highest BCUT2D eigenvalue weighted by Crippen LogP contribution is 2.25. The van der Waals surface area contributed by atoms with Gasteiger partial charge in [-0.25, -0.2) is 4.98 Å². The lowest BCUT2D eigenvalue weighted by atomic mass is 9.99. The molecule has 1 saturated heterocycles. The van der Waals surface area contributed by atoms with Crippen LogP contribution in [0.15, 0.2) is 5.16 Å². The van der Waals surface area contributed by atoms with Crippen molar-refractivity contribution in [3.05, 3.63) is 17.5 Å². The van der Waals surface area contributed by atoms with Gasteiger partial charge < -0.3 is 9.88 Å². The highest BCUT2D eigenvalue weighted by molar-refractivity contribution is 7.98. The summed E-state index contributed by atoms with van der Waals surface area (Å²) in [5, 5.41) is 20.0. The van der Waals surface area contributed by atoms with Gasteiger partial charge in [0, 0.05) is 19.5 Å². The van der Waals surface area contributed by atoms with Crippen molar-refractivity contribution in [1.29, 1.82) is 0 Å². The van der Waals surface area contributed by atoms with Crippen LogP contribution in [0.1, 0.15) is 36.2 Å². The van der Waals surface area contributed by atoms with Gasteiger partial charge in [-0.15, -0.1) is 10.2 Å². The zero-order chi connectivity index (χ0) is 13.9. The van der Waals surface area contributed by atoms with Gasteiger partial charge in [0.25, 0.3) is 0 Å². The molecule has 1 unspecified atom stereocenters. The predicted molar refractivity (Wildman–Crippen MR) is 76.5 cm³/mol. The smallest absolute Gasteiger partial charge is 0.191 e. The van der Waals surface area contributed by atoms with Crippen molar-refractivity contribution in [2.24, 2.45) is 7.05 Å². The molecule has 3 heterocycles. The van der Waals surface area contributed by atoms with Crippen molar-refractivity contribution in [3.63, 3.8) is 0 Å². The summed E-state index contributed by atoms with van der Waals surface area (Å²) in [7, 11) is 2.04. The van der Waals surface area contributed by atoms with Crippen molar-refractivity contribution in [2.45, 2.75) is 36.6 Å². The number of aryl methyl sites for hydroxylation is 1. The van der Waals surface area contributed by atoms with Crippen LogP contribution in [0.5, 0.6) is 0 Å². The molecule has 1 aliphatic heterocycles. The fourth-order valence-electron chi connectivity index (χ4n) is 2.46. The number of nitrogens with zero attached hydrogens (tertiary/aromatic N) is 5. The molecule has 2 N–H and O–H groups in total. The number of hydrogen-bond donors (Lipinski definition) is 2. The summed E-state index contributed by atoms with van der Waals surface area (Å²) < 4.78 is 2.10. The van der Waals surface area contributed by atoms with Crippen LogP contribution in [0, 0.1) is 6.92 Å². The molecule has 1 fully saturated rings. The molecular formula is C12H19N7S. The lowest BCUT2D eigenvalue weighted by Gasteiger charge is -2.21. The monoisotopic (exact) mass is 293 g/mol. The molecule has 20 heavy (non-hydrogen) atoms. The maximum absolute atomic E-state index is 4.36. The van der Waals surface area contributed by atoms with Crippen LogP contribution < -0.4 is 5.32 Å². The molecule has 8 heteroatoms. The van der Waals surface area contributed by atoms with Gasteiger partial charge in [-0.3, -0.25) is 5.10 Å². The number of aromatic amines is 1. The summed E-state index contributed by atoms with van der Waals surface area (Å²) in [6.07, 6.45) is 2.39. The zero-order valence-corrected chi connectivity index (χ0v) is 12.6. The Balaban J connectivity index is 1.66. The Morgan fingerprint density at radius 1 is 1.40 bits per heavy atom. The summed E-state index contributed by atoms with van der Waals surface area (Å²) in [4.78, 5) is 4.30. The van der Waals surface area contributed by atoms with Gasteiger partial charge in [0.1, 0.15) is 11.6 Å². The molecule has 2 aromatic heterocycles. The molecule has 0 bridgehead atoms. The fourth-order valence-corrected chi connectivity index (χ4v) is 3.24. The molecule has 0 aliphatic carbocycles. The molecule has 2 aromatic rings. The molecule has 1 atom stereocenters. The van der Waals surface area contributed by atoms with E-state index in [4.69, 9.17) is 0 Å². The third-order valence-corrected chi connectivity index (χ3v) is 4.52. The lowest BCUT2D eigenvalue weighted by molar-refractivity contribution is 0.436. The van der Waals surface area contributed by atoms with Gasteiger partial charge in [0.05, 0.1) is 5.75 Å². The molecule has 1 aliphatic rings. The molecule has 0 saturated carbocycles. The van der Waals surface area contributed by atoms with E-state index in [1.54, 1.807) is 11.8 Å². The standard InChI is InChI=1S/C12H19N7S/c1-8-14-10(16-15-8)7-20-12-18-17-11(19(12)2)9-4-3-5-13-6-9/h9,13H,3-7H2,1-2H3,(H,14,15,16). The Labute approximate surface area is 122 Å². The maximum atomic E-state index is 4.36. The van der Waals surface area contributed by atoms with Gasteiger partial charge in [-0.2, -0.15) is 5.10 Å². The van der Waals surface area contributed by atoms with Crippen molar-refractivity contribution < 1.29 is 0 Å². The first-order chi connectivity index (χ1) is 9.74. The van der Waals surface area contributed by atoms with Gasteiger partial charge in [-0.05, 0) is 26.3 Å². The van der Waals surface area contributed by atoms with Crippen molar-refractivity contribution >= 4 is 11.8 Å². The van der Waals surface area contributed by atoms with E-state index in [1.165, 1.54) is 12.8 Å². The predicted octanol–water partition coefficient (Wildman–Crippen LogP) is 1.00. The fraction of sp³-hybridized carbons (Fsp3) is 0.667. The van der Waals surface area contributed by atoms with Crippen LogP contribution in [-0.2, 0) is 12.8 Å². The number of hydrogen-bond acceptors (Lipinski definition) is 6. The summed E-state index contributed by atoms with van der Waals surface area (Å²) in [5.74, 6) is 3.90. The van der Waals surface area contributed by atoms with Crippen LogP contribution in [0.2, 0.25) is 0 Å². The number of thioether (sulfide) groups is 1. The molecule has 108 valence electrons. The number of H-pyrrole nitrogens is 1. The second kappa shape index (κ2) is 5.92. The van der Waals surface area contributed by atoms with E-state index in [2.05, 4.69) is 35.3 Å². The summed E-state index contributed by atoms with van der Waals surface area (Å²) in [6.45, 7) is 4.01. The number of nitrogens with one attached hydrogen (secondary N) is 2. The minimum Gasteiger partial charge on any atom is -0.316 e. The van der Waals surface area contributed by atoms with Crippen LogP contribution >= 0.6 is 11.8 Å². The SMILES string of the molecule is Cc1nc(CSc2nnc(C3CCCNC3)n2C)n[nH]1. The first-order valence-corrected chi connectivity index (χ1v) is 7.83. The quantitative estimate of drug-likeness (QED) is 0.818. The van der Waals surface area contributed by atoms with E-state index in [9.17, 15) is 0 Å². The van der Waals surface area contributed by atoms with E-state index in [0.717, 1.165) is 35.7 Å². The van der Waals surface area contributed by atoms with Crippen molar-refractivity contribution in [1.82, 2.24) is 35.3 Å². The zero-order valence-electron chi connectivity index (χ0n) is 11.8. The molecular weight excluding hydrogens is 274 g/mol. The summed E-state index contributed by atoms with van der Waals surface area (Å²) >= 11 is 1.62. The topological polar surface area (TPSA) is 84.3 Å². The Hall–Kier alpha value is -1.41. The molecule has 0 spiro atoms. The first kappa shape index (κ1) is 13.6. The third-order valence-electron chi connectivity index (χ3n) is 3.50. The van der Waals surface area contributed by atoms with Crippen LogP contribution in [0.25, 0.3) is 0 Å². The molecule has 0 amide bonds. The largest absolute Gasteiger partial charge is 0.316 e. The van der Waals surface area contributed by atoms with E-state index in [0.29, 0.717) is 11.7 Å². The molecule has 7 nitrogen and oxygen atoms in total. The van der Waals surface area contributed by atoms with Crippen molar-refractivity contribution in [3.8, 4) is 0 Å². The van der Waals surface area contributed by atoms with Crippen LogP contribution in [0.3, 0.4) is 0 Å². The molecule has 3 rings (SSSR count). The maximum Gasteiger partial charge on any atom is 0.191 e. The first-order valence-electron chi connectivity index (χ1n) is 6.84. The highest BCUT2D eigenvalue weighted by Gasteiger charge is 2.21. The van der Waals surface area contributed by atoms with Gasteiger partial charge >= 0.3 is 0 Å². The second-order valence-electron chi connectivity index (χ2n) is 5.07. The van der Waals surface area contributed by atoms with Gasteiger partial charge in [0.15, 0.2) is 11.0 Å². The average molecular weight is 293 g/mol. The van der Waals surface area contributed by atoms with Crippen LogP contribution in [0.4, 0.5) is 0 Å². The average Bonchev–Trinajstić information content (AvgIpc) is 3.04. The minimum atomic E-state index is 0.473. The summed E-state index contributed by atoms with van der Waals surface area (Å²) in [6, 6.07) is 0. The number of piperidine rings is 1. The molecule has 0 aromatic carbocycles. The highest BCUT2D eigenvalue weighted by atomic mass is 32.2. The Bertz CT molecular complexity index is 570. The Kier molecular flexibility index (Phi) is 4.02.